The maximum Gasteiger partial charge on any atom is 0.113 e. The number of rotatable bonds is 5. The van der Waals surface area contributed by atoms with Gasteiger partial charge in [0.15, 0.2) is 0 Å². The third-order valence-electron chi connectivity index (χ3n) is 10.8. The first-order chi connectivity index (χ1) is 26.2. The fourth-order valence-electron chi connectivity index (χ4n) is 8.32. The molecule has 2 radical (unpaired) electrons. The lowest BCUT2D eigenvalue weighted by molar-refractivity contribution is 1.61. The van der Waals surface area contributed by atoms with Crippen molar-refractivity contribution in [2.75, 3.05) is 0 Å². The lowest BCUT2D eigenvalue weighted by Gasteiger charge is -2.20. The molecule has 0 heterocycles. The van der Waals surface area contributed by atoms with Gasteiger partial charge >= 0.3 is 0 Å². The molecule has 0 bridgehead atoms. The Labute approximate surface area is 311 Å². The molecule has 0 spiro atoms. The minimum atomic E-state index is 0.750. The summed E-state index contributed by atoms with van der Waals surface area (Å²) in [5, 5.41) is 9.71. The van der Waals surface area contributed by atoms with Crippen molar-refractivity contribution in [2.24, 2.45) is 0 Å². The highest BCUT2D eigenvalue weighted by molar-refractivity contribution is 6.34. The van der Waals surface area contributed by atoms with Gasteiger partial charge in [0.25, 0.3) is 0 Å². The van der Waals surface area contributed by atoms with Gasteiger partial charge in [-0.2, -0.15) is 0 Å². The minimum Gasteiger partial charge on any atom is -0.0960 e. The van der Waals surface area contributed by atoms with Crippen LogP contribution in [0, 0.1) is 0 Å². The van der Waals surface area contributed by atoms with Crippen LogP contribution in [-0.4, -0.2) is 7.85 Å². The maximum atomic E-state index is 6.64. The Morgan fingerprint density at radius 1 is 0.245 bits per heavy atom. The molecule has 0 fully saturated rings. The topological polar surface area (TPSA) is 0 Å². The molecule has 0 aliphatic heterocycles. The van der Waals surface area contributed by atoms with Crippen LogP contribution in [0.2, 0.25) is 0 Å². The summed E-state index contributed by atoms with van der Waals surface area (Å²) in [6, 6.07) is 72.6. The largest absolute Gasteiger partial charge is 0.113 e. The normalized spacial score (nSPS) is 11.5. The molecule has 53 heavy (non-hydrogen) atoms. The molecule has 0 aliphatic carbocycles. The van der Waals surface area contributed by atoms with Crippen LogP contribution in [0.1, 0.15) is 0 Å². The van der Waals surface area contributed by atoms with Gasteiger partial charge in [-0.1, -0.05) is 187 Å². The van der Waals surface area contributed by atoms with E-state index in [4.69, 9.17) is 7.85 Å². The third kappa shape index (κ3) is 5.41. The van der Waals surface area contributed by atoms with E-state index in [0.29, 0.717) is 0 Å². The van der Waals surface area contributed by atoms with Gasteiger partial charge in [-0.25, -0.2) is 0 Å². The van der Waals surface area contributed by atoms with Crippen molar-refractivity contribution in [1.29, 1.82) is 0 Å². The standard InChI is InChI=1S/C52H33B/c53-42-27-29-48-50(33-42)52(41-21-9-19-39(31-41)46-25-11-17-36-15-5-7-23-44(36)46)47-28-26-37(34-12-2-1-3-13-34)32-49(47)51(48)40-20-8-18-38(30-40)45-24-10-16-35-14-4-6-22-43(35)45/h1-33H. The summed E-state index contributed by atoms with van der Waals surface area (Å²) in [7, 11) is 6.64. The molecular formula is C52H33B. The summed E-state index contributed by atoms with van der Waals surface area (Å²) in [4.78, 5) is 0. The first kappa shape index (κ1) is 31.1. The van der Waals surface area contributed by atoms with Crippen molar-refractivity contribution in [3.05, 3.63) is 200 Å². The highest BCUT2D eigenvalue weighted by Crippen LogP contribution is 2.46. The molecule has 0 saturated heterocycles. The average molecular weight is 669 g/mol. The SMILES string of the molecule is [B]c1ccc2c(-c3cccc(-c4cccc5ccccc45)c3)c3cc(-c4ccccc4)ccc3c(-c3cccc(-c4cccc5ccccc45)c3)c2c1. The Morgan fingerprint density at radius 3 is 1.30 bits per heavy atom. The third-order valence-corrected chi connectivity index (χ3v) is 10.8. The highest BCUT2D eigenvalue weighted by Gasteiger charge is 2.19. The summed E-state index contributed by atoms with van der Waals surface area (Å²) >= 11 is 0. The Morgan fingerprint density at radius 2 is 0.698 bits per heavy atom. The zero-order valence-electron chi connectivity index (χ0n) is 29.1. The van der Waals surface area contributed by atoms with E-state index in [2.05, 4.69) is 194 Å². The lowest BCUT2D eigenvalue weighted by Crippen LogP contribution is -2.02. The highest BCUT2D eigenvalue weighted by atomic mass is 14.2. The quantitative estimate of drug-likeness (QED) is 0.126. The molecule has 0 aliphatic rings. The molecule has 0 saturated carbocycles. The van der Waals surface area contributed by atoms with E-state index in [1.807, 2.05) is 6.07 Å². The predicted molar refractivity (Wildman–Crippen MR) is 229 cm³/mol. The van der Waals surface area contributed by atoms with Gasteiger partial charge in [-0.05, 0) is 117 Å². The molecule has 10 aromatic rings. The van der Waals surface area contributed by atoms with E-state index < -0.39 is 0 Å². The zero-order chi connectivity index (χ0) is 35.3. The Bertz CT molecular complexity index is 3000. The molecule has 0 N–H and O–H groups in total. The van der Waals surface area contributed by atoms with Gasteiger partial charge in [0.1, 0.15) is 7.85 Å². The molecule has 1 heteroatoms. The molecule has 0 nitrogen and oxygen atoms in total. The van der Waals surface area contributed by atoms with Crippen LogP contribution >= 0.6 is 0 Å². The van der Waals surface area contributed by atoms with Crippen LogP contribution in [0.3, 0.4) is 0 Å². The van der Waals surface area contributed by atoms with Crippen LogP contribution in [0.4, 0.5) is 0 Å². The van der Waals surface area contributed by atoms with E-state index in [-0.39, 0.29) is 0 Å². The molecule has 244 valence electrons. The first-order valence-corrected chi connectivity index (χ1v) is 18.2. The van der Waals surface area contributed by atoms with Crippen molar-refractivity contribution in [3.63, 3.8) is 0 Å². The van der Waals surface area contributed by atoms with Gasteiger partial charge in [0.2, 0.25) is 0 Å². The van der Waals surface area contributed by atoms with Crippen LogP contribution < -0.4 is 5.46 Å². The van der Waals surface area contributed by atoms with Gasteiger partial charge in [-0.15, -0.1) is 0 Å². The first-order valence-electron chi connectivity index (χ1n) is 18.2. The summed E-state index contributed by atoms with van der Waals surface area (Å²) < 4.78 is 0. The van der Waals surface area contributed by atoms with E-state index in [0.717, 1.165) is 10.8 Å². The monoisotopic (exact) mass is 668 g/mol. The second-order valence-electron chi connectivity index (χ2n) is 13.9. The number of fused-ring (bicyclic) bond motifs is 4. The second-order valence-corrected chi connectivity index (χ2v) is 13.9. The van der Waals surface area contributed by atoms with Gasteiger partial charge in [-0.3, -0.25) is 0 Å². The summed E-state index contributed by atoms with van der Waals surface area (Å²) in [5.41, 5.74) is 12.7. The lowest BCUT2D eigenvalue weighted by atomic mass is 9.81. The molecule has 0 aromatic heterocycles. The Kier molecular flexibility index (Phi) is 7.51. The van der Waals surface area contributed by atoms with Gasteiger partial charge < -0.3 is 0 Å². The Hall–Kier alpha value is -6.70. The molecular weight excluding hydrogens is 635 g/mol. The van der Waals surface area contributed by atoms with Crippen molar-refractivity contribution in [2.45, 2.75) is 0 Å². The van der Waals surface area contributed by atoms with Gasteiger partial charge in [0.05, 0.1) is 0 Å². The number of hydrogen-bond donors (Lipinski definition) is 0. The van der Waals surface area contributed by atoms with Crippen molar-refractivity contribution >= 4 is 56.4 Å². The number of benzene rings is 10. The van der Waals surface area contributed by atoms with E-state index >= 15 is 0 Å². The predicted octanol–water partition coefficient (Wildman–Crippen LogP) is 13.4. The van der Waals surface area contributed by atoms with E-state index in [1.54, 1.807) is 0 Å². The summed E-state index contributed by atoms with van der Waals surface area (Å²) in [5.74, 6) is 0. The molecule has 10 rings (SSSR count). The van der Waals surface area contributed by atoms with Crippen molar-refractivity contribution in [3.8, 4) is 55.6 Å². The molecule has 0 unspecified atom stereocenters. The minimum absolute atomic E-state index is 0.750. The van der Waals surface area contributed by atoms with Crippen LogP contribution in [0.25, 0.3) is 98.7 Å². The molecule has 0 atom stereocenters. The van der Waals surface area contributed by atoms with Gasteiger partial charge in [0, 0.05) is 0 Å². The molecule has 0 amide bonds. The van der Waals surface area contributed by atoms with E-state index in [1.165, 1.54) is 93.3 Å². The summed E-state index contributed by atoms with van der Waals surface area (Å²) in [6.45, 7) is 0. The second kappa shape index (κ2) is 12.8. The smallest absolute Gasteiger partial charge is 0.0960 e. The van der Waals surface area contributed by atoms with Crippen molar-refractivity contribution in [1.82, 2.24) is 0 Å². The van der Waals surface area contributed by atoms with Crippen molar-refractivity contribution < 1.29 is 0 Å². The van der Waals surface area contributed by atoms with Crippen LogP contribution in [0.15, 0.2) is 200 Å². The zero-order valence-corrected chi connectivity index (χ0v) is 29.1. The van der Waals surface area contributed by atoms with E-state index in [9.17, 15) is 0 Å². The fourth-order valence-corrected chi connectivity index (χ4v) is 8.32. The maximum absolute atomic E-state index is 6.64. The summed E-state index contributed by atoms with van der Waals surface area (Å²) in [6.07, 6.45) is 0. The Balaban J connectivity index is 1.27. The number of hydrogen-bond acceptors (Lipinski definition) is 0. The fraction of sp³-hybridized carbons (Fsp3) is 0. The van der Waals surface area contributed by atoms with Crippen LogP contribution in [-0.2, 0) is 0 Å². The molecule has 10 aromatic carbocycles. The average Bonchev–Trinajstić information content (AvgIpc) is 3.22. The van der Waals surface area contributed by atoms with Crippen LogP contribution in [0.5, 0.6) is 0 Å².